The Bertz CT molecular complexity index is 693. The number of amides is 1. The van der Waals surface area contributed by atoms with Crippen LogP contribution in [-0.4, -0.2) is 11.6 Å². The van der Waals surface area contributed by atoms with E-state index in [0.717, 1.165) is 17.0 Å². The van der Waals surface area contributed by atoms with E-state index in [9.17, 15) is 4.79 Å². The Balaban J connectivity index is 1.96. The predicted octanol–water partition coefficient (Wildman–Crippen LogP) is 4.52. The van der Waals surface area contributed by atoms with E-state index in [1.807, 2.05) is 24.3 Å². The van der Waals surface area contributed by atoms with Crippen LogP contribution in [0.4, 0.5) is 5.69 Å². The highest BCUT2D eigenvalue weighted by atomic mass is 35.5. The fourth-order valence-electron chi connectivity index (χ4n) is 2.19. The highest BCUT2D eigenvalue weighted by molar-refractivity contribution is 6.31. The van der Waals surface area contributed by atoms with E-state index < -0.39 is 0 Å². The summed E-state index contributed by atoms with van der Waals surface area (Å²) in [5.74, 6) is -0.0185. The fourth-order valence-corrected chi connectivity index (χ4v) is 2.44. The molecule has 0 N–H and O–H groups in total. The van der Waals surface area contributed by atoms with Gasteiger partial charge in [-0.25, -0.2) is 5.01 Å². The fraction of sp³-hybridized carbons (Fsp3) is 0.125. The summed E-state index contributed by atoms with van der Waals surface area (Å²) in [4.78, 5) is 12.1. The summed E-state index contributed by atoms with van der Waals surface area (Å²) < 4.78 is 0. The summed E-state index contributed by atoms with van der Waals surface area (Å²) >= 11 is 11.8. The monoisotopic (exact) mass is 318 g/mol. The topological polar surface area (TPSA) is 32.7 Å². The number of carbonyl (C=O) groups is 1. The van der Waals surface area contributed by atoms with Crippen LogP contribution in [-0.2, 0) is 4.79 Å². The number of halogens is 2. The molecule has 0 radical (unpaired) electrons. The van der Waals surface area contributed by atoms with Crippen LogP contribution in [0.25, 0.3) is 0 Å². The van der Waals surface area contributed by atoms with E-state index in [2.05, 4.69) is 5.10 Å². The number of rotatable bonds is 2. The maximum Gasteiger partial charge on any atom is 0.247 e. The van der Waals surface area contributed by atoms with Gasteiger partial charge in [0, 0.05) is 22.9 Å². The third kappa shape index (κ3) is 3.09. The van der Waals surface area contributed by atoms with Crippen LogP contribution < -0.4 is 5.01 Å². The highest BCUT2D eigenvalue weighted by Crippen LogP contribution is 2.24. The standard InChI is InChI=1S/C16H12Cl2N2O/c17-12-3-1-11(2-4-12)15-9-10-16(21)20(19-15)14-7-5-13(18)6-8-14/h1-8H,9-10H2. The number of hydrogen-bond donors (Lipinski definition) is 0. The second-order valence-corrected chi connectivity index (χ2v) is 5.61. The maximum atomic E-state index is 12.1. The van der Waals surface area contributed by atoms with Crippen LogP contribution in [0.2, 0.25) is 10.0 Å². The second-order valence-electron chi connectivity index (χ2n) is 4.74. The molecule has 0 aromatic heterocycles. The molecule has 0 spiro atoms. The van der Waals surface area contributed by atoms with Crippen molar-refractivity contribution in [2.75, 3.05) is 5.01 Å². The second kappa shape index (κ2) is 5.88. The summed E-state index contributed by atoms with van der Waals surface area (Å²) in [5.41, 5.74) is 2.57. The molecule has 2 aromatic carbocycles. The molecule has 0 saturated heterocycles. The lowest BCUT2D eigenvalue weighted by molar-refractivity contribution is -0.118. The van der Waals surface area contributed by atoms with E-state index in [4.69, 9.17) is 23.2 Å². The first-order valence-corrected chi connectivity index (χ1v) is 7.31. The van der Waals surface area contributed by atoms with Crippen LogP contribution >= 0.6 is 23.2 Å². The van der Waals surface area contributed by atoms with Gasteiger partial charge in [0.05, 0.1) is 11.4 Å². The summed E-state index contributed by atoms with van der Waals surface area (Å²) in [6, 6.07) is 14.5. The van der Waals surface area contributed by atoms with Gasteiger partial charge < -0.3 is 0 Å². The van der Waals surface area contributed by atoms with Crippen molar-refractivity contribution in [3.05, 3.63) is 64.1 Å². The lowest BCUT2D eigenvalue weighted by atomic mass is 10.0. The van der Waals surface area contributed by atoms with Gasteiger partial charge in [0.15, 0.2) is 0 Å². The van der Waals surface area contributed by atoms with E-state index in [-0.39, 0.29) is 5.91 Å². The minimum absolute atomic E-state index is 0.0185. The Labute approximate surface area is 132 Å². The van der Waals surface area contributed by atoms with Crippen molar-refractivity contribution in [2.24, 2.45) is 5.10 Å². The Morgan fingerprint density at radius 3 is 2.05 bits per heavy atom. The van der Waals surface area contributed by atoms with Gasteiger partial charge in [0.2, 0.25) is 5.91 Å². The van der Waals surface area contributed by atoms with Crippen molar-refractivity contribution in [2.45, 2.75) is 12.8 Å². The van der Waals surface area contributed by atoms with Crippen LogP contribution in [0.15, 0.2) is 53.6 Å². The summed E-state index contributed by atoms with van der Waals surface area (Å²) in [5, 5.41) is 7.22. The van der Waals surface area contributed by atoms with E-state index in [1.54, 1.807) is 24.3 Å². The van der Waals surface area contributed by atoms with Gasteiger partial charge in [0.1, 0.15) is 0 Å². The molecule has 0 bridgehead atoms. The van der Waals surface area contributed by atoms with E-state index in [0.29, 0.717) is 22.9 Å². The summed E-state index contributed by atoms with van der Waals surface area (Å²) in [7, 11) is 0. The Morgan fingerprint density at radius 2 is 1.43 bits per heavy atom. The first kappa shape index (κ1) is 14.1. The lowest BCUT2D eigenvalue weighted by Crippen LogP contribution is -2.31. The van der Waals surface area contributed by atoms with Crippen molar-refractivity contribution in [3.63, 3.8) is 0 Å². The van der Waals surface area contributed by atoms with Crippen LogP contribution in [0.1, 0.15) is 18.4 Å². The van der Waals surface area contributed by atoms with Crippen molar-refractivity contribution in [3.8, 4) is 0 Å². The number of hydrazone groups is 1. The highest BCUT2D eigenvalue weighted by Gasteiger charge is 2.22. The van der Waals surface area contributed by atoms with Gasteiger partial charge in [-0.3, -0.25) is 4.79 Å². The molecule has 0 aliphatic carbocycles. The molecule has 5 heteroatoms. The molecule has 1 heterocycles. The Kier molecular flexibility index (Phi) is 3.95. The van der Waals surface area contributed by atoms with Gasteiger partial charge in [0.25, 0.3) is 0 Å². The van der Waals surface area contributed by atoms with Gasteiger partial charge in [-0.05, 0) is 42.0 Å². The zero-order valence-corrected chi connectivity index (χ0v) is 12.6. The number of nitrogens with zero attached hydrogens (tertiary/aromatic N) is 2. The van der Waals surface area contributed by atoms with Crippen LogP contribution in [0, 0.1) is 0 Å². The number of benzene rings is 2. The van der Waals surface area contributed by atoms with E-state index >= 15 is 0 Å². The van der Waals surface area contributed by atoms with Crippen molar-refractivity contribution in [1.82, 2.24) is 0 Å². The maximum absolute atomic E-state index is 12.1. The molecule has 1 aliphatic rings. The molecule has 3 rings (SSSR count). The molecular formula is C16H12Cl2N2O. The third-order valence-corrected chi connectivity index (χ3v) is 3.79. The van der Waals surface area contributed by atoms with Crippen LogP contribution in [0.5, 0.6) is 0 Å². The first-order valence-electron chi connectivity index (χ1n) is 6.55. The first-order chi connectivity index (χ1) is 10.1. The molecule has 3 nitrogen and oxygen atoms in total. The number of hydrogen-bond acceptors (Lipinski definition) is 2. The normalized spacial score (nSPS) is 15.0. The minimum Gasteiger partial charge on any atom is -0.273 e. The average molecular weight is 319 g/mol. The zero-order valence-electron chi connectivity index (χ0n) is 11.1. The molecular weight excluding hydrogens is 307 g/mol. The molecule has 21 heavy (non-hydrogen) atoms. The van der Waals surface area contributed by atoms with Crippen molar-refractivity contribution < 1.29 is 4.79 Å². The third-order valence-electron chi connectivity index (χ3n) is 3.28. The van der Waals surface area contributed by atoms with Gasteiger partial charge >= 0.3 is 0 Å². The summed E-state index contributed by atoms with van der Waals surface area (Å²) in [6.45, 7) is 0. The van der Waals surface area contributed by atoms with Crippen LogP contribution in [0.3, 0.4) is 0 Å². The van der Waals surface area contributed by atoms with Gasteiger partial charge in [-0.2, -0.15) is 5.10 Å². The van der Waals surface area contributed by atoms with E-state index in [1.165, 1.54) is 5.01 Å². The quantitative estimate of drug-likeness (QED) is 0.801. The SMILES string of the molecule is O=C1CCC(c2ccc(Cl)cc2)=NN1c1ccc(Cl)cc1. The summed E-state index contributed by atoms with van der Waals surface area (Å²) in [6.07, 6.45) is 1.06. The molecule has 2 aromatic rings. The van der Waals surface area contributed by atoms with Gasteiger partial charge in [-0.1, -0.05) is 35.3 Å². The van der Waals surface area contributed by atoms with Crippen molar-refractivity contribution >= 4 is 40.5 Å². The Hall–Kier alpha value is -1.84. The molecule has 0 unspecified atom stereocenters. The minimum atomic E-state index is -0.0185. The molecule has 1 aliphatic heterocycles. The number of carbonyl (C=O) groups excluding carboxylic acids is 1. The lowest BCUT2D eigenvalue weighted by Gasteiger charge is -2.23. The molecule has 1 amide bonds. The largest absolute Gasteiger partial charge is 0.273 e. The van der Waals surface area contributed by atoms with Crippen molar-refractivity contribution in [1.29, 1.82) is 0 Å². The molecule has 0 fully saturated rings. The Morgan fingerprint density at radius 1 is 0.857 bits per heavy atom. The van der Waals surface area contributed by atoms with Gasteiger partial charge in [-0.15, -0.1) is 0 Å². The average Bonchev–Trinajstić information content (AvgIpc) is 2.50. The predicted molar refractivity (Wildman–Crippen MR) is 86.2 cm³/mol. The molecule has 0 saturated carbocycles. The number of anilines is 1. The molecule has 0 atom stereocenters. The smallest absolute Gasteiger partial charge is 0.247 e. The zero-order chi connectivity index (χ0) is 14.8. The molecule has 106 valence electrons.